The lowest BCUT2D eigenvalue weighted by molar-refractivity contribution is -0.142. The average molecular weight is 341 g/mol. The number of rotatable bonds is 4. The Morgan fingerprint density at radius 2 is 1.72 bits per heavy atom. The molecule has 0 aliphatic carbocycles. The minimum Gasteiger partial charge on any atom is -0.345 e. The zero-order chi connectivity index (χ0) is 18.4. The molecule has 1 aromatic carbocycles. The van der Waals surface area contributed by atoms with E-state index in [2.05, 4.69) is 17.2 Å². The molecule has 1 heterocycles. The number of amides is 4. The molecule has 1 saturated heterocycles. The Labute approximate surface area is 146 Å². The number of hydrogen-bond donors (Lipinski definition) is 1. The minimum absolute atomic E-state index is 0.0854. The standard InChI is InChI=1S/C18H19N3O4/c1-20(2)18(25)14-7-5-13(6-8-14)4-3-11-19-15(22)12-21-16(23)9-10-17(21)24/h5-8H,9-12H2,1-2H3,(H,19,22). The second-order valence-electron chi connectivity index (χ2n) is 5.73. The highest BCUT2D eigenvalue weighted by atomic mass is 16.2. The summed E-state index contributed by atoms with van der Waals surface area (Å²) >= 11 is 0. The second-order valence-corrected chi connectivity index (χ2v) is 5.73. The number of nitrogens with one attached hydrogen (secondary N) is 1. The van der Waals surface area contributed by atoms with Crippen molar-refractivity contribution in [3.05, 3.63) is 35.4 Å². The smallest absolute Gasteiger partial charge is 0.253 e. The first-order valence-electron chi connectivity index (χ1n) is 7.79. The van der Waals surface area contributed by atoms with Crippen LogP contribution in [0.1, 0.15) is 28.8 Å². The van der Waals surface area contributed by atoms with Crippen LogP contribution in [-0.2, 0) is 14.4 Å². The summed E-state index contributed by atoms with van der Waals surface area (Å²) in [5.74, 6) is 4.50. The highest BCUT2D eigenvalue weighted by Gasteiger charge is 2.30. The molecular formula is C18H19N3O4. The third kappa shape index (κ3) is 4.91. The SMILES string of the molecule is CN(C)C(=O)c1ccc(C#CCNC(=O)CN2C(=O)CCC2=O)cc1. The van der Waals surface area contributed by atoms with Gasteiger partial charge in [0.15, 0.2) is 0 Å². The highest BCUT2D eigenvalue weighted by molar-refractivity contribution is 6.04. The van der Waals surface area contributed by atoms with Gasteiger partial charge < -0.3 is 10.2 Å². The van der Waals surface area contributed by atoms with Crippen LogP contribution in [0.25, 0.3) is 0 Å². The van der Waals surface area contributed by atoms with Crippen molar-refractivity contribution in [1.82, 2.24) is 15.1 Å². The largest absolute Gasteiger partial charge is 0.345 e. The topological polar surface area (TPSA) is 86.8 Å². The van der Waals surface area contributed by atoms with E-state index in [0.29, 0.717) is 5.56 Å². The Balaban J connectivity index is 1.82. The Bertz CT molecular complexity index is 741. The van der Waals surface area contributed by atoms with Gasteiger partial charge in [-0.15, -0.1) is 0 Å². The molecule has 1 aliphatic rings. The molecule has 0 saturated carbocycles. The number of hydrogen-bond acceptors (Lipinski definition) is 4. The molecule has 0 bridgehead atoms. The minimum atomic E-state index is -0.426. The van der Waals surface area contributed by atoms with Crippen molar-refractivity contribution in [3.63, 3.8) is 0 Å². The van der Waals surface area contributed by atoms with E-state index < -0.39 is 5.91 Å². The molecule has 7 nitrogen and oxygen atoms in total. The fraction of sp³-hybridized carbons (Fsp3) is 0.333. The summed E-state index contributed by atoms with van der Waals surface area (Å²) in [5, 5.41) is 2.55. The molecule has 1 aromatic rings. The summed E-state index contributed by atoms with van der Waals surface area (Å²) in [4.78, 5) is 48.8. The lowest BCUT2D eigenvalue weighted by Gasteiger charge is -2.12. The molecule has 2 rings (SSSR count). The van der Waals surface area contributed by atoms with E-state index >= 15 is 0 Å². The van der Waals surface area contributed by atoms with Crippen LogP contribution in [0.2, 0.25) is 0 Å². The Kier molecular flexibility index (Phi) is 5.90. The predicted molar refractivity (Wildman–Crippen MR) is 90.3 cm³/mol. The quantitative estimate of drug-likeness (QED) is 0.617. The molecule has 0 aromatic heterocycles. The first kappa shape index (κ1) is 18.2. The van der Waals surface area contributed by atoms with Gasteiger partial charge in [-0.3, -0.25) is 24.1 Å². The van der Waals surface area contributed by atoms with Crippen LogP contribution >= 0.6 is 0 Å². The van der Waals surface area contributed by atoms with Gasteiger partial charge in [0.05, 0.1) is 6.54 Å². The molecule has 4 amide bonds. The first-order chi connectivity index (χ1) is 11.9. The van der Waals surface area contributed by atoms with Crippen LogP contribution < -0.4 is 5.32 Å². The van der Waals surface area contributed by atoms with Crippen molar-refractivity contribution in [2.75, 3.05) is 27.2 Å². The average Bonchev–Trinajstić information content (AvgIpc) is 2.90. The molecule has 25 heavy (non-hydrogen) atoms. The number of imide groups is 1. The van der Waals surface area contributed by atoms with Crippen molar-refractivity contribution >= 4 is 23.6 Å². The molecular weight excluding hydrogens is 322 g/mol. The van der Waals surface area contributed by atoms with E-state index in [9.17, 15) is 19.2 Å². The maximum Gasteiger partial charge on any atom is 0.253 e. The Morgan fingerprint density at radius 1 is 1.12 bits per heavy atom. The molecule has 0 atom stereocenters. The van der Waals surface area contributed by atoms with Gasteiger partial charge in [0, 0.05) is 38.1 Å². The summed E-state index contributed by atoms with van der Waals surface area (Å²) in [6.07, 6.45) is 0.330. The summed E-state index contributed by atoms with van der Waals surface area (Å²) in [6, 6.07) is 6.84. The van der Waals surface area contributed by atoms with Crippen LogP contribution in [0.4, 0.5) is 0 Å². The molecule has 0 spiro atoms. The lowest BCUT2D eigenvalue weighted by Crippen LogP contribution is -2.40. The maximum atomic E-state index is 11.8. The summed E-state index contributed by atoms with van der Waals surface area (Å²) in [6.45, 7) is -0.159. The van der Waals surface area contributed by atoms with Crippen LogP contribution in [0.3, 0.4) is 0 Å². The maximum absolute atomic E-state index is 11.8. The van der Waals surface area contributed by atoms with Crippen molar-refractivity contribution in [2.24, 2.45) is 0 Å². The van der Waals surface area contributed by atoms with Gasteiger partial charge >= 0.3 is 0 Å². The van der Waals surface area contributed by atoms with Gasteiger partial charge in [0.25, 0.3) is 5.91 Å². The number of likely N-dealkylation sites (tertiary alicyclic amines) is 1. The van der Waals surface area contributed by atoms with E-state index in [0.717, 1.165) is 10.5 Å². The van der Waals surface area contributed by atoms with Gasteiger partial charge in [-0.25, -0.2) is 0 Å². The fourth-order valence-corrected chi connectivity index (χ4v) is 2.24. The lowest BCUT2D eigenvalue weighted by atomic mass is 10.1. The molecule has 1 aliphatic heterocycles. The Hall–Kier alpha value is -3.14. The van der Waals surface area contributed by atoms with E-state index in [1.54, 1.807) is 38.4 Å². The van der Waals surface area contributed by atoms with Crippen molar-refractivity contribution in [1.29, 1.82) is 0 Å². The third-order valence-corrected chi connectivity index (χ3v) is 3.60. The fourth-order valence-electron chi connectivity index (χ4n) is 2.24. The molecule has 130 valence electrons. The zero-order valence-electron chi connectivity index (χ0n) is 14.2. The van der Waals surface area contributed by atoms with Gasteiger partial charge in [0.1, 0.15) is 6.54 Å². The first-order valence-corrected chi connectivity index (χ1v) is 7.79. The molecule has 0 unspecified atom stereocenters. The summed E-state index contributed by atoms with van der Waals surface area (Å²) < 4.78 is 0. The number of carbonyl (C=O) groups is 4. The molecule has 1 fully saturated rings. The third-order valence-electron chi connectivity index (χ3n) is 3.60. The van der Waals surface area contributed by atoms with E-state index in [1.165, 1.54) is 4.90 Å². The van der Waals surface area contributed by atoms with Crippen LogP contribution in [-0.4, -0.2) is 60.6 Å². The monoisotopic (exact) mass is 341 g/mol. The van der Waals surface area contributed by atoms with E-state index in [4.69, 9.17) is 0 Å². The van der Waals surface area contributed by atoms with Crippen LogP contribution in [0.5, 0.6) is 0 Å². The number of nitrogens with zero attached hydrogens (tertiary/aromatic N) is 2. The second kappa shape index (κ2) is 8.11. The molecule has 1 N–H and O–H groups in total. The Morgan fingerprint density at radius 3 is 2.28 bits per heavy atom. The van der Waals surface area contributed by atoms with Gasteiger partial charge in [0.2, 0.25) is 17.7 Å². The predicted octanol–water partition coefficient (Wildman–Crippen LogP) is 0.00510. The number of benzene rings is 1. The summed E-state index contributed by atoms with van der Waals surface area (Å²) in [7, 11) is 3.37. The normalized spacial score (nSPS) is 13.3. The zero-order valence-corrected chi connectivity index (χ0v) is 14.2. The van der Waals surface area contributed by atoms with E-state index in [-0.39, 0.29) is 43.7 Å². The van der Waals surface area contributed by atoms with Crippen molar-refractivity contribution in [2.45, 2.75) is 12.8 Å². The van der Waals surface area contributed by atoms with Gasteiger partial charge in [-0.2, -0.15) is 0 Å². The van der Waals surface area contributed by atoms with Crippen LogP contribution in [0.15, 0.2) is 24.3 Å². The van der Waals surface area contributed by atoms with Crippen molar-refractivity contribution < 1.29 is 19.2 Å². The molecule has 7 heteroatoms. The van der Waals surface area contributed by atoms with Crippen LogP contribution in [0, 0.1) is 11.8 Å². The van der Waals surface area contributed by atoms with Crippen molar-refractivity contribution in [3.8, 4) is 11.8 Å². The highest BCUT2D eigenvalue weighted by Crippen LogP contribution is 2.10. The summed E-state index contributed by atoms with van der Waals surface area (Å²) in [5.41, 5.74) is 1.29. The van der Waals surface area contributed by atoms with E-state index in [1.807, 2.05) is 0 Å². The van der Waals surface area contributed by atoms with Gasteiger partial charge in [-0.05, 0) is 24.3 Å². The van der Waals surface area contributed by atoms with Gasteiger partial charge in [-0.1, -0.05) is 11.8 Å². The molecule has 0 radical (unpaired) electrons. The number of carbonyl (C=O) groups excluding carboxylic acids is 4.